The van der Waals surface area contributed by atoms with Crippen LogP contribution in [0.3, 0.4) is 0 Å². The predicted octanol–water partition coefficient (Wildman–Crippen LogP) is 3.39. The summed E-state index contributed by atoms with van der Waals surface area (Å²) in [6, 6.07) is 16.2. The highest BCUT2D eigenvalue weighted by molar-refractivity contribution is 7.99. The largest absolute Gasteiger partial charge is 0.298 e. The van der Waals surface area contributed by atoms with Crippen LogP contribution in [-0.2, 0) is 6.54 Å². The normalized spacial score (nSPS) is 10.4. The number of nitriles is 1. The molecule has 0 atom stereocenters. The summed E-state index contributed by atoms with van der Waals surface area (Å²) in [5.41, 5.74) is 2.11. The second-order valence-corrected chi connectivity index (χ2v) is 5.94. The van der Waals surface area contributed by atoms with Crippen LogP contribution in [0, 0.1) is 11.3 Å². The number of pyridine rings is 1. The predicted molar refractivity (Wildman–Crippen MR) is 89.8 cm³/mol. The van der Waals surface area contributed by atoms with E-state index < -0.39 is 0 Å². The zero-order valence-corrected chi connectivity index (χ0v) is 13.3. The van der Waals surface area contributed by atoms with Gasteiger partial charge in [0.2, 0.25) is 0 Å². The minimum atomic E-state index is 0.491. The van der Waals surface area contributed by atoms with Crippen molar-refractivity contribution in [2.75, 3.05) is 5.75 Å². The van der Waals surface area contributed by atoms with E-state index in [0.717, 1.165) is 16.5 Å². The van der Waals surface area contributed by atoms with Crippen molar-refractivity contribution < 1.29 is 0 Å². The zero-order chi connectivity index (χ0) is 15.9. The van der Waals surface area contributed by atoms with Gasteiger partial charge in [-0.1, -0.05) is 42.1 Å². The third-order valence-electron chi connectivity index (χ3n) is 3.27. The zero-order valence-electron chi connectivity index (χ0n) is 12.5. The molecule has 5 nitrogen and oxygen atoms in total. The van der Waals surface area contributed by atoms with E-state index in [2.05, 4.69) is 38.0 Å². The van der Waals surface area contributed by atoms with E-state index in [1.807, 2.05) is 30.3 Å². The molecule has 2 aromatic heterocycles. The van der Waals surface area contributed by atoms with Gasteiger partial charge in [0.1, 0.15) is 0 Å². The lowest BCUT2D eigenvalue weighted by Gasteiger charge is -2.10. The number of hydrogen-bond donors (Lipinski definition) is 0. The van der Waals surface area contributed by atoms with Gasteiger partial charge in [-0.25, -0.2) is 0 Å². The van der Waals surface area contributed by atoms with Gasteiger partial charge in [-0.05, 0) is 17.7 Å². The highest BCUT2D eigenvalue weighted by Gasteiger charge is 2.14. The third kappa shape index (κ3) is 3.76. The molecule has 6 heteroatoms. The smallest absolute Gasteiger partial charge is 0.191 e. The van der Waals surface area contributed by atoms with Crippen molar-refractivity contribution in [3.8, 4) is 17.5 Å². The van der Waals surface area contributed by atoms with E-state index in [4.69, 9.17) is 5.26 Å². The van der Waals surface area contributed by atoms with Crippen LogP contribution in [0.15, 0.2) is 60.0 Å². The standard InChI is InChI=1S/C17H15N5S/c18-9-5-11-23-17-21-20-16(15-8-4-10-19-12-15)22(17)13-14-6-2-1-3-7-14/h1-4,6-8,10,12H,5,11,13H2. The molecule has 3 rings (SSSR count). The molecule has 0 unspecified atom stereocenters. The number of aromatic nitrogens is 4. The minimum Gasteiger partial charge on any atom is -0.298 e. The van der Waals surface area contributed by atoms with Crippen LogP contribution in [0.4, 0.5) is 0 Å². The Morgan fingerprint density at radius 2 is 1.96 bits per heavy atom. The quantitative estimate of drug-likeness (QED) is 0.514. The average molecular weight is 321 g/mol. The number of thioether (sulfide) groups is 1. The van der Waals surface area contributed by atoms with Crippen LogP contribution in [0.5, 0.6) is 0 Å². The fourth-order valence-electron chi connectivity index (χ4n) is 2.20. The van der Waals surface area contributed by atoms with E-state index in [1.54, 1.807) is 24.2 Å². The van der Waals surface area contributed by atoms with Crippen molar-refractivity contribution in [3.63, 3.8) is 0 Å². The van der Waals surface area contributed by atoms with E-state index in [0.29, 0.717) is 18.7 Å². The van der Waals surface area contributed by atoms with Crippen molar-refractivity contribution in [1.82, 2.24) is 19.7 Å². The molecular formula is C17H15N5S. The molecule has 0 bridgehead atoms. The Morgan fingerprint density at radius 1 is 1.09 bits per heavy atom. The van der Waals surface area contributed by atoms with Crippen LogP contribution in [-0.4, -0.2) is 25.5 Å². The second-order valence-electron chi connectivity index (χ2n) is 4.88. The first-order chi connectivity index (χ1) is 11.4. The summed E-state index contributed by atoms with van der Waals surface area (Å²) in [4.78, 5) is 4.16. The molecule has 114 valence electrons. The number of hydrogen-bond acceptors (Lipinski definition) is 5. The number of benzene rings is 1. The molecule has 0 spiro atoms. The molecule has 0 saturated carbocycles. The van der Waals surface area contributed by atoms with Gasteiger partial charge in [0.25, 0.3) is 0 Å². The Labute approximate surface area is 139 Å². The first-order valence-electron chi connectivity index (χ1n) is 7.26. The fraction of sp³-hybridized carbons (Fsp3) is 0.176. The molecule has 0 fully saturated rings. The lowest BCUT2D eigenvalue weighted by Crippen LogP contribution is -2.04. The molecule has 1 aromatic carbocycles. The molecule has 2 heterocycles. The van der Waals surface area contributed by atoms with Gasteiger partial charge < -0.3 is 0 Å². The maximum absolute atomic E-state index is 8.72. The molecule has 0 N–H and O–H groups in total. The summed E-state index contributed by atoms with van der Waals surface area (Å²) in [5.74, 6) is 1.50. The van der Waals surface area contributed by atoms with Crippen LogP contribution in [0.2, 0.25) is 0 Å². The fourth-order valence-corrected chi connectivity index (χ4v) is 2.98. The van der Waals surface area contributed by atoms with E-state index in [-0.39, 0.29) is 0 Å². The number of nitrogens with zero attached hydrogens (tertiary/aromatic N) is 5. The highest BCUT2D eigenvalue weighted by Crippen LogP contribution is 2.25. The van der Waals surface area contributed by atoms with Crippen molar-refractivity contribution in [3.05, 3.63) is 60.4 Å². The molecule has 0 aliphatic heterocycles. The Balaban J connectivity index is 1.95. The third-order valence-corrected chi connectivity index (χ3v) is 4.23. The van der Waals surface area contributed by atoms with Crippen molar-refractivity contribution in [2.45, 2.75) is 18.1 Å². The summed E-state index contributed by atoms with van der Waals surface area (Å²) in [6.07, 6.45) is 4.02. The van der Waals surface area contributed by atoms with Crippen molar-refractivity contribution in [1.29, 1.82) is 5.26 Å². The summed E-state index contributed by atoms with van der Waals surface area (Å²) in [7, 11) is 0. The first-order valence-corrected chi connectivity index (χ1v) is 8.24. The van der Waals surface area contributed by atoms with Gasteiger partial charge in [0.05, 0.1) is 12.6 Å². The molecule has 0 aliphatic carbocycles. The van der Waals surface area contributed by atoms with Gasteiger partial charge in [-0.2, -0.15) is 5.26 Å². The Bertz CT molecular complexity index is 793. The Morgan fingerprint density at radius 3 is 2.70 bits per heavy atom. The monoisotopic (exact) mass is 321 g/mol. The Kier molecular flexibility index (Phi) is 5.02. The van der Waals surface area contributed by atoms with Gasteiger partial charge in [-0.3, -0.25) is 9.55 Å². The van der Waals surface area contributed by atoms with Gasteiger partial charge in [0, 0.05) is 30.1 Å². The van der Waals surface area contributed by atoms with Gasteiger partial charge in [-0.15, -0.1) is 10.2 Å². The molecule has 0 radical (unpaired) electrons. The molecule has 0 saturated heterocycles. The van der Waals surface area contributed by atoms with Crippen LogP contribution in [0.25, 0.3) is 11.4 Å². The van der Waals surface area contributed by atoms with Crippen LogP contribution in [0.1, 0.15) is 12.0 Å². The summed E-state index contributed by atoms with van der Waals surface area (Å²) >= 11 is 1.55. The lowest BCUT2D eigenvalue weighted by atomic mass is 10.2. The Hall–Kier alpha value is -2.65. The van der Waals surface area contributed by atoms with E-state index in [1.165, 1.54) is 5.56 Å². The summed E-state index contributed by atoms with van der Waals surface area (Å²) in [5, 5.41) is 18.2. The van der Waals surface area contributed by atoms with E-state index >= 15 is 0 Å². The summed E-state index contributed by atoms with van der Waals surface area (Å²) in [6.45, 7) is 0.687. The van der Waals surface area contributed by atoms with Crippen LogP contribution < -0.4 is 0 Å². The van der Waals surface area contributed by atoms with Crippen LogP contribution >= 0.6 is 11.8 Å². The molecule has 0 aliphatic rings. The SMILES string of the molecule is N#CCCSc1nnc(-c2cccnc2)n1Cc1ccccc1. The lowest BCUT2D eigenvalue weighted by molar-refractivity contribution is 0.714. The molecular weight excluding hydrogens is 306 g/mol. The second kappa shape index (κ2) is 7.56. The first kappa shape index (κ1) is 15.3. The summed E-state index contributed by atoms with van der Waals surface area (Å²) < 4.78 is 2.08. The number of rotatable bonds is 6. The van der Waals surface area contributed by atoms with Crippen molar-refractivity contribution >= 4 is 11.8 Å². The highest BCUT2D eigenvalue weighted by atomic mass is 32.2. The van der Waals surface area contributed by atoms with Gasteiger partial charge in [0.15, 0.2) is 11.0 Å². The van der Waals surface area contributed by atoms with Gasteiger partial charge >= 0.3 is 0 Å². The maximum atomic E-state index is 8.72. The van der Waals surface area contributed by atoms with Crippen molar-refractivity contribution in [2.24, 2.45) is 0 Å². The molecule has 0 amide bonds. The molecule has 23 heavy (non-hydrogen) atoms. The topological polar surface area (TPSA) is 67.4 Å². The maximum Gasteiger partial charge on any atom is 0.191 e. The average Bonchev–Trinajstić information content (AvgIpc) is 3.00. The van der Waals surface area contributed by atoms with E-state index in [9.17, 15) is 0 Å². The molecule has 3 aromatic rings. The minimum absolute atomic E-state index is 0.491.